The predicted molar refractivity (Wildman–Crippen MR) is 219 cm³/mol. The summed E-state index contributed by atoms with van der Waals surface area (Å²) in [6.07, 6.45) is 4.34. The molecule has 5 aromatic rings. The Hall–Kier alpha value is -5.13. The van der Waals surface area contributed by atoms with Crippen LogP contribution in [-0.2, 0) is 13.0 Å². The highest BCUT2D eigenvalue weighted by atomic mass is 35.5. The van der Waals surface area contributed by atoms with Crippen molar-refractivity contribution in [1.82, 2.24) is 29.2 Å². The van der Waals surface area contributed by atoms with Gasteiger partial charge < -0.3 is 14.7 Å². The lowest BCUT2D eigenvalue weighted by molar-refractivity contribution is 0.0732. The lowest BCUT2D eigenvalue weighted by Gasteiger charge is -2.29. The van der Waals surface area contributed by atoms with Crippen LogP contribution in [0.25, 0.3) is 16.5 Å². The second kappa shape index (κ2) is 17.6. The molecule has 0 saturated heterocycles. The number of unbranched alkanes of at least 4 members (excludes halogenated alkanes) is 2. The van der Waals surface area contributed by atoms with E-state index in [0.29, 0.717) is 49.5 Å². The van der Waals surface area contributed by atoms with E-state index in [9.17, 15) is 19.2 Å². The molecule has 4 amide bonds. The highest BCUT2D eigenvalue weighted by molar-refractivity contribution is 7.98. The molecule has 1 N–H and O–H groups in total. The Balaban J connectivity index is 1.32. The average molecular weight is 779 g/mol. The molecule has 1 aliphatic rings. The first-order valence-corrected chi connectivity index (χ1v) is 20.0. The molecule has 12 heteroatoms. The fourth-order valence-corrected chi connectivity index (χ4v) is 7.58. The van der Waals surface area contributed by atoms with E-state index in [-0.39, 0.29) is 45.5 Å². The molecular weight excluding hydrogens is 732 g/mol. The zero-order valence-corrected chi connectivity index (χ0v) is 33.6. The summed E-state index contributed by atoms with van der Waals surface area (Å²) in [7, 11) is 3.43. The second-order valence-electron chi connectivity index (χ2n) is 14.1. The number of nitrogens with zero attached hydrogens (tertiary/aromatic N) is 5. The standard InChI is InChI=1S/C43H47ClN6O4S/c1-6-8-21-48(22-9-7-2)43(54)39-38(44)28(3)50(45-39)37-19-17-31(26-36(37)42(53)49-23-20-29-12-10-11-13-33(29)27-49)40(51)46-55-35-18-16-30-14-15-32(24-34(30)25-35)41(52)47(4)5/h10-19,24-26H,6-9,20-23,27H2,1-5H3,(H,46,51). The van der Waals surface area contributed by atoms with Crippen molar-refractivity contribution in [2.24, 2.45) is 0 Å². The van der Waals surface area contributed by atoms with Gasteiger partial charge in [-0.2, -0.15) is 5.10 Å². The van der Waals surface area contributed by atoms with Gasteiger partial charge in [-0.25, -0.2) is 4.68 Å². The van der Waals surface area contributed by atoms with Gasteiger partial charge in [0.05, 0.1) is 22.0 Å². The topological polar surface area (TPSA) is 108 Å². The summed E-state index contributed by atoms with van der Waals surface area (Å²) in [6.45, 7) is 8.11. The third kappa shape index (κ3) is 8.73. The maximum Gasteiger partial charge on any atom is 0.275 e. The number of carbonyl (C=O) groups is 4. The summed E-state index contributed by atoms with van der Waals surface area (Å²) in [5.74, 6) is -0.973. The van der Waals surface area contributed by atoms with Crippen molar-refractivity contribution in [3.8, 4) is 5.69 Å². The predicted octanol–water partition coefficient (Wildman–Crippen LogP) is 8.37. The lowest BCUT2D eigenvalue weighted by atomic mass is 9.98. The molecule has 1 aromatic heterocycles. The van der Waals surface area contributed by atoms with Crippen LogP contribution >= 0.6 is 23.5 Å². The first-order valence-electron chi connectivity index (χ1n) is 18.8. The Morgan fingerprint density at radius 3 is 2.24 bits per heavy atom. The van der Waals surface area contributed by atoms with E-state index in [4.69, 9.17) is 16.7 Å². The van der Waals surface area contributed by atoms with Crippen LogP contribution in [-0.4, -0.2) is 81.8 Å². The first-order chi connectivity index (χ1) is 26.5. The number of amides is 4. The number of fused-ring (bicyclic) bond motifs is 2. The van der Waals surface area contributed by atoms with Gasteiger partial charge >= 0.3 is 0 Å². The highest BCUT2D eigenvalue weighted by Crippen LogP contribution is 2.30. The maximum atomic E-state index is 14.5. The minimum Gasteiger partial charge on any atom is -0.345 e. The van der Waals surface area contributed by atoms with Crippen LogP contribution in [0.5, 0.6) is 0 Å². The number of hydrogen-bond acceptors (Lipinski definition) is 6. The third-order valence-electron chi connectivity index (χ3n) is 9.96. The Bertz CT molecular complexity index is 2240. The smallest absolute Gasteiger partial charge is 0.275 e. The summed E-state index contributed by atoms with van der Waals surface area (Å²) < 4.78 is 4.48. The molecule has 55 heavy (non-hydrogen) atoms. The van der Waals surface area contributed by atoms with Gasteiger partial charge in [0.25, 0.3) is 23.6 Å². The van der Waals surface area contributed by atoms with Crippen molar-refractivity contribution >= 4 is 58.0 Å². The van der Waals surface area contributed by atoms with Crippen LogP contribution in [0, 0.1) is 6.92 Å². The van der Waals surface area contributed by atoms with Crippen LogP contribution in [0.4, 0.5) is 0 Å². The van der Waals surface area contributed by atoms with Gasteiger partial charge in [0.1, 0.15) is 0 Å². The number of nitrogens with one attached hydrogen (secondary N) is 1. The molecular formula is C43H47ClN6O4S. The van der Waals surface area contributed by atoms with Crippen molar-refractivity contribution in [3.05, 3.63) is 123 Å². The molecule has 0 saturated carbocycles. The van der Waals surface area contributed by atoms with Crippen molar-refractivity contribution in [2.75, 3.05) is 33.7 Å². The fraction of sp³-hybridized carbons (Fsp3) is 0.326. The molecule has 10 nitrogen and oxygen atoms in total. The zero-order valence-electron chi connectivity index (χ0n) is 32.0. The first kappa shape index (κ1) is 39.6. The molecule has 0 atom stereocenters. The minimum absolute atomic E-state index is 0.0906. The monoisotopic (exact) mass is 778 g/mol. The average Bonchev–Trinajstić information content (AvgIpc) is 3.50. The molecule has 0 radical (unpaired) electrons. The fourth-order valence-electron chi connectivity index (χ4n) is 6.73. The molecule has 0 bridgehead atoms. The molecule has 0 unspecified atom stereocenters. The number of hydrogen-bond donors (Lipinski definition) is 1. The van der Waals surface area contributed by atoms with E-state index in [1.54, 1.807) is 54.9 Å². The molecule has 0 aliphatic carbocycles. The van der Waals surface area contributed by atoms with E-state index >= 15 is 0 Å². The van der Waals surface area contributed by atoms with Gasteiger partial charge in [0.15, 0.2) is 5.69 Å². The van der Waals surface area contributed by atoms with Crippen molar-refractivity contribution < 1.29 is 19.2 Å². The second-order valence-corrected chi connectivity index (χ2v) is 15.4. The number of benzene rings is 4. The summed E-state index contributed by atoms with van der Waals surface area (Å²) in [6, 6.07) is 24.4. The largest absolute Gasteiger partial charge is 0.345 e. The van der Waals surface area contributed by atoms with Crippen LogP contribution in [0.15, 0.2) is 83.8 Å². The highest BCUT2D eigenvalue weighted by Gasteiger charge is 2.29. The number of rotatable bonds is 13. The van der Waals surface area contributed by atoms with Gasteiger partial charge in [-0.15, -0.1) is 0 Å². The SMILES string of the molecule is CCCCN(CCCC)C(=O)c1nn(-c2ccc(C(=O)NSc3ccc4ccc(C(=O)N(C)C)cc4c3)cc2C(=O)N2CCc3ccccc3C2)c(C)c1Cl. The van der Waals surface area contributed by atoms with Gasteiger partial charge in [0, 0.05) is 56.3 Å². The number of aromatic nitrogens is 2. The van der Waals surface area contributed by atoms with E-state index in [1.165, 1.54) is 10.5 Å². The van der Waals surface area contributed by atoms with Crippen molar-refractivity contribution in [2.45, 2.75) is 64.3 Å². The van der Waals surface area contributed by atoms with Crippen LogP contribution in [0.2, 0.25) is 5.02 Å². The molecule has 2 heterocycles. The summed E-state index contributed by atoms with van der Waals surface area (Å²) in [5.41, 5.74) is 4.51. The quantitative estimate of drug-likeness (QED) is 0.120. The third-order valence-corrected chi connectivity index (χ3v) is 11.2. The van der Waals surface area contributed by atoms with Gasteiger partial charge in [-0.1, -0.05) is 74.7 Å². The van der Waals surface area contributed by atoms with Gasteiger partial charge in [-0.05, 0) is 102 Å². The molecule has 286 valence electrons. The van der Waals surface area contributed by atoms with Gasteiger partial charge in [0.2, 0.25) is 0 Å². The van der Waals surface area contributed by atoms with Crippen LogP contribution in [0.1, 0.15) is 97.9 Å². The minimum atomic E-state index is -0.389. The lowest BCUT2D eigenvalue weighted by Crippen LogP contribution is -2.36. The Morgan fingerprint density at radius 1 is 0.836 bits per heavy atom. The summed E-state index contributed by atoms with van der Waals surface area (Å²) >= 11 is 8.00. The van der Waals surface area contributed by atoms with E-state index in [2.05, 4.69) is 24.6 Å². The molecule has 6 rings (SSSR count). The van der Waals surface area contributed by atoms with E-state index in [0.717, 1.165) is 58.9 Å². The number of halogens is 1. The van der Waals surface area contributed by atoms with Crippen molar-refractivity contribution in [1.29, 1.82) is 0 Å². The van der Waals surface area contributed by atoms with Crippen molar-refractivity contribution in [3.63, 3.8) is 0 Å². The van der Waals surface area contributed by atoms with E-state index < -0.39 is 0 Å². The zero-order chi connectivity index (χ0) is 39.2. The maximum absolute atomic E-state index is 14.5. The molecule has 4 aromatic carbocycles. The van der Waals surface area contributed by atoms with E-state index in [1.807, 2.05) is 53.4 Å². The Labute approximate surface area is 331 Å². The normalized spacial score (nSPS) is 12.4. The molecule has 0 fully saturated rings. The Morgan fingerprint density at radius 2 is 1.53 bits per heavy atom. The van der Waals surface area contributed by atoms with Crippen LogP contribution in [0.3, 0.4) is 0 Å². The Kier molecular flexibility index (Phi) is 12.6. The molecule has 0 spiro atoms. The number of carbonyl (C=O) groups excluding carboxylic acids is 4. The summed E-state index contributed by atoms with van der Waals surface area (Å²) in [5, 5.41) is 6.82. The molecule has 1 aliphatic heterocycles. The van der Waals surface area contributed by atoms with Gasteiger partial charge in [-0.3, -0.25) is 23.9 Å². The van der Waals surface area contributed by atoms with Crippen LogP contribution < -0.4 is 4.72 Å². The summed E-state index contributed by atoms with van der Waals surface area (Å²) in [4.78, 5) is 60.5.